The van der Waals surface area contributed by atoms with Crippen LogP contribution in [0.1, 0.15) is 48.9 Å². The quantitative estimate of drug-likeness (QED) is 0.870. The molecule has 0 spiro atoms. The molecule has 2 aliphatic rings. The van der Waals surface area contributed by atoms with Gasteiger partial charge in [-0.25, -0.2) is 0 Å². The van der Waals surface area contributed by atoms with Crippen LogP contribution in [0.5, 0.6) is 0 Å². The minimum atomic E-state index is -0.742. The lowest BCUT2D eigenvalue weighted by molar-refractivity contribution is -0.0717. The second-order valence-corrected chi connectivity index (χ2v) is 7.05. The van der Waals surface area contributed by atoms with Gasteiger partial charge in [0.25, 0.3) is 0 Å². The molecule has 3 rings (SSSR count). The first kappa shape index (κ1) is 14.8. The van der Waals surface area contributed by atoms with Crippen LogP contribution < -0.4 is 0 Å². The molecule has 5 heteroatoms. The summed E-state index contributed by atoms with van der Waals surface area (Å²) in [6.07, 6.45) is 1.36. The molecule has 1 aromatic rings. The zero-order valence-electron chi connectivity index (χ0n) is 12.8. The molecule has 1 fully saturated rings. The van der Waals surface area contributed by atoms with E-state index in [9.17, 15) is 15.0 Å². The van der Waals surface area contributed by atoms with Crippen LogP contribution in [0.15, 0.2) is 10.7 Å². The largest absolute Gasteiger partial charge is 0.466 e. The summed E-state index contributed by atoms with van der Waals surface area (Å²) >= 11 is 0. The molecule has 1 heterocycles. The van der Waals surface area contributed by atoms with E-state index >= 15 is 0 Å². The molecule has 0 aliphatic heterocycles. The van der Waals surface area contributed by atoms with E-state index in [0.717, 1.165) is 0 Å². The minimum Gasteiger partial charge on any atom is -0.466 e. The fourth-order valence-corrected chi connectivity index (χ4v) is 4.24. The Morgan fingerprint density at radius 1 is 1.43 bits per heavy atom. The lowest BCUT2D eigenvalue weighted by Gasteiger charge is -2.41. The molecule has 116 valence electrons. The highest BCUT2D eigenvalue weighted by molar-refractivity contribution is 6.01. The summed E-state index contributed by atoms with van der Waals surface area (Å²) in [5.74, 6) is -0.344. The van der Waals surface area contributed by atoms with Crippen LogP contribution >= 0.6 is 0 Å². The van der Waals surface area contributed by atoms with E-state index in [2.05, 4.69) is 0 Å². The van der Waals surface area contributed by atoms with Gasteiger partial charge in [-0.3, -0.25) is 4.79 Å². The SMILES string of the molecule is COC1(C)c2c(coc2CO)C(=O)C2C(O)C(C)(C)CC21. The third-order valence-corrected chi connectivity index (χ3v) is 5.53. The lowest BCUT2D eigenvalue weighted by atomic mass is 9.67. The van der Waals surface area contributed by atoms with E-state index in [0.29, 0.717) is 23.3 Å². The Labute approximate surface area is 123 Å². The average molecular weight is 294 g/mol. The minimum absolute atomic E-state index is 0.106. The van der Waals surface area contributed by atoms with Gasteiger partial charge in [0.05, 0.1) is 23.2 Å². The maximum Gasteiger partial charge on any atom is 0.172 e. The summed E-state index contributed by atoms with van der Waals surface area (Å²) in [5.41, 5.74) is -0.0107. The Morgan fingerprint density at radius 3 is 2.67 bits per heavy atom. The Balaban J connectivity index is 2.22. The van der Waals surface area contributed by atoms with Crippen molar-refractivity contribution >= 4 is 5.78 Å². The van der Waals surface area contributed by atoms with E-state index < -0.39 is 17.6 Å². The van der Waals surface area contributed by atoms with Crippen LogP contribution in [-0.4, -0.2) is 29.2 Å². The summed E-state index contributed by atoms with van der Waals surface area (Å²) in [6.45, 7) is 5.59. The predicted octanol–water partition coefficient (Wildman–Crippen LogP) is 1.85. The number of hydrogen-bond donors (Lipinski definition) is 2. The van der Waals surface area contributed by atoms with Crippen LogP contribution in [0.2, 0.25) is 0 Å². The Bertz CT molecular complexity index is 587. The molecule has 4 atom stereocenters. The van der Waals surface area contributed by atoms with Gasteiger partial charge in [0.15, 0.2) is 5.78 Å². The Morgan fingerprint density at radius 2 is 2.10 bits per heavy atom. The highest BCUT2D eigenvalue weighted by Crippen LogP contribution is 2.58. The molecule has 1 aromatic heterocycles. The van der Waals surface area contributed by atoms with Gasteiger partial charge in [-0.15, -0.1) is 0 Å². The molecule has 0 aromatic carbocycles. The summed E-state index contributed by atoms with van der Waals surface area (Å²) < 4.78 is 11.1. The smallest absolute Gasteiger partial charge is 0.172 e. The second-order valence-electron chi connectivity index (χ2n) is 7.05. The number of carbonyl (C=O) groups excluding carboxylic acids is 1. The van der Waals surface area contributed by atoms with Crippen LogP contribution in [-0.2, 0) is 16.9 Å². The maximum atomic E-state index is 12.8. The fraction of sp³-hybridized carbons (Fsp3) is 0.688. The van der Waals surface area contributed by atoms with Crippen molar-refractivity contribution in [3.8, 4) is 0 Å². The van der Waals surface area contributed by atoms with Gasteiger partial charge in [0.1, 0.15) is 18.6 Å². The van der Waals surface area contributed by atoms with Crippen LogP contribution in [0, 0.1) is 17.3 Å². The molecule has 0 radical (unpaired) electrons. The number of furan rings is 1. The Kier molecular flexibility index (Phi) is 3.10. The van der Waals surface area contributed by atoms with Crippen LogP contribution in [0.4, 0.5) is 0 Å². The summed E-state index contributed by atoms with van der Waals surface area (Å²) in [5, 5.41) is 20.1. The normalized spacial score (nSPS) is 37.4. The molecule has 21 heavy (non-hydrogen) atoms. The predicted molar refractivity (Wildman–Crippen MR) is 74.7 cm³/mol. The molecule has 2 N–H and O–H groups in total. The molecule has 4 unspecified atom stereocenters. The van der Waals surface area contributed by atoms with E-state index in [1.54, 1.807) is 7.11 Å². The number of hydrogen-bond acceptors (Lipinski definition) is 5. The van der Waals surface area contributed by atoms with Gasteiger partial charge in [-0.1, -0.05) is 13.8 Å². The number of carbonyl (C=O) groups is 1. The van der Waals surface area contributed by atoms with Gasteiger partial charge in [0, 0.05) is 18.6 Å². The third-order valence-electron chi connectivity index (χ3n) is 5.53. The van der Waals surface area contributed by atoms with Gasteiger partial charge >= 0.3 is 0 Å². The monoisotopic (exact) mass is 294 g/mol. The first-order valence-corrected chi connectivity index (χ1v) is 7.27. The average Bonchev–Trinajstić information content (AvgIpc) is 2.98. The molecule has 0 bridgehead atoms. The van der Waals surface area contributed by atoms with Gasteiger partial charge in [0.2, 0.25) is 0 Å². The molecule has 2 aliphatic carbocycles. The molecular weight excluding hydrogens is 272 g/mol. The number of Topliss-reactive ketones (excluding diaryl/α,β-unsaturated/α-hetero) is 1. The van der Waals surface area contributed by atoms with Crippen molar-refractivity contribution in [2.75, 3.05) is 7.11 Å². The van der Waals surface area contributed by atoms with E-state index in [-0.39, 0.29) is 23.7 Å². The number of rotatable bonds is 2. The Hall–Kier alpha value is -1.17. The lowest BCUT2D eigenvalue weighted by Crippen LogP contribution is -2.47. The zero-order valence-corrected chi connectivity index (χ0v) is 12.8. The number of aliphatic hydroxyl groups is 2. The zero-order chi connectivity index (χ0) is 15.6. The van der Waals surface area contributed by atoms with Crippen molar-refractivity contribution in [2.24, 2.45) is 17.3 Å². The van der Waals surface area contributed by atoms with Gasteiger partial charge < -0.3 is 19.4 Å². The number of fused-ring (bicyclic) bond motifs is 2. The standard InChI is InChI=1S/C16H22O5/c1-15(2)5-9-11(14(15)19)13(18)8-7-21-10(6-17)12(8)16(9,3)20-4/h7,9,11,14,17,19H,5-6H2,1-4H3. The number of ketones is 1. The molecule has 1 saturated carbocycles. The molecule has 5 nitrogen and oxygen atoms in total. The number of ether oxygens (including phenoxy) is 1. The first-order chi connectivity index (χ1) is 9.78. The molecule has 0 amide bonds. The maximum absolute atomic E-state index is 12.8. The topological polar surface area (TPSA) is 79.9 Å². The van der Waals surface area contributed by atoms with Crippen LogP contribution in [0.3, 0.4) is 0 Å². The molecular formula is C16H22O5. The number of aliphatic hydroxyl groups excluding tert-OH is 2. The van der Waals surface area contributed by atoms with Crippen molar-refractivity contribution in [1.82, 2.24) is 0 Å². The van der Waals surface area contributed by atoms with Gasteiger partial charge in [-0.2, -0.15) is 0 Å². The number of methoxy groups -OCH3 is 1. The third kappa shape index (κ3) is 1.71. The highest BCUT2D eigenvalue weighted by atomic mass is 16.5. The van der Waals surface area contributed by atoms with Crippen molar-refractivity contribution < 1.29 is 24.2 Å². The van der Waals surface area contributed by atoms with Gasteiger partial charge in [-0.05, 0) is 18.8 Å². The van der Waals surface area contributed by atoms with Crippen molar-refractivity contribution in [3.63, 3.8) is 0 Å². The summed E-state index contributed by atoms with van der Waals surface area (Å²) in [4.78, 5) is 12.8. The molecule has 0 saturated heterocycles. The first-order valence-electron chi connectivity index (χ1n) is 7.27. The second kappa shape index (κ2) is 4.41. The van der Waals surface area contributed by atoms with Crippen LogP contribution in [0.25, 0.3) is 0 Å². The van der Waals surface area contributed by atoms with E-state index in [1.807, 2.05) is 20.8 Å². The van der Waals surface area contributed by atoms with Crippen molar-refractivity contribution in [3.05, 3.63) is 23.2 Å². The summed E-state index contributed by atoms with van der Waals surface area (Å²) in [6, 6.07) is 0. The van der Waals surface area contributed by atoms with E-state index in [4.69, 9.17) is 9.15 Å². The van der Waals surface area contributed by atoms with Crippen molar-refractivity contribution in [2.45, 2.75) is 45.5 Å². The van der Waals surface area contributed by atoms with E-state index in [1.165, 1.54) is 6.26 Å². The van der Waals surface area contributed by atoms with Crippen molar-refractivity contribution in [1.29, 1.82) is 0 Å². The highest BCUT2D eigenvalue weighted by Gasteiger charge is 2.61. The fourth-order valence-electron chi connectivity index (χ4n) is 4.24. The summed E-state index contributed by atoms with van der Waals surface area (Å²) in [7, 11) is 1.60.